The number of amides is 2. The van der Waals surface area contributed by atoms with Crippen LogP contribution < -0.4 is 5.32 Å². The van der Waals surface area contributed by atoms with Crippen molar-refractivity contribution in [2.75, 3.05) is 12.4 Å². The van der Waals surface area contributed by atoms with Gasteiger partial charge in [-0.15, -0.1) is 0 Å². The average Bonchev–Trinajstić information content (AvgIpc) is 2.74. The van der Waals surface area contributed by atoms with E-state index >= 15 is 0 Å². The Morgan fingerprint density at radius 3 is 2.24 bits per heavy atom. The van der Waals surface area contributed by atoms with Crippen LogP contribution in [-0.2, 0) is 6.54 Å². The Morgan fingerprint density at radius 1 is 0.966 bits per heavy atom. The molecule has 0 aliphatic carbocycles. The molecule has 0 aromatic heterocycles. The van der Waals surface area contributed by atoms with Crippen molar-refractivity contribution in [3.05, 3.63) is 101 Å². The second kappa shape index (κ2) is 8.85. The average molecular weight is 383 g/mol. The van der Waals surface area contributed by atoms with Crippen molar-refractivity contribution in [2.45, 2.75) is 13.5 Å². The lowest BCUT2D eigenvalue weighted by Gasteiger charge is -2.17. The summed E-state index contributed by atoms with van der Waals surface area (Å²) in [5.74, 6) is -0.361. The minimum absolute atomic E-state index is 0.139. The Labute approximate surface area is 170 Å². The molecule has 29 heavy (non-hydrogen) atoms. The third kappa shape index (κ3) is 5.08. The number of anilines is 1. The molecular formula is C24H21N3O2. The van der Waals surface area contributed by atoms with Gasteiger partial charge in [-0.25, -0.2) is 0 Å². The molecule has 0 aliphatic rings. The summed E-state index contributed by atoms with van der Waals surface area (Å²) in [7, 11) is 1.72. The second-order valence-corrected chi connectivity index (χ2v) is 6.87. The summed E-state index contributed by atoms with van der Waals surface area (Å²) in [4.78, 5) is 26.7. The molecule has 0 spiro atoms. The predicted molar refractivity (Wildman–Crippen MR) is 113 cm³/mol. The molecule has 0 aliphatic heterocycles. The van der Waals surface area contributed by atoms with E-state index in [0.29, 0.717) is 23.2 Å². The highest BCUT2D eigenvalue weighted by atomic mass is 16.2. The first-order chi connectivity index (χ1) is 14.0. The van der Waals surface area contributed by atoms with Crippen LogP contribution in [0.1, 0.15) is 37.4 Å². The largest absolute Gasteiger partial charge is 0.337 e. The van der Waals surface area contributed by atoms with E-state index in [9.17, 15) is 9.59 Å². The molecular weight excluding hydrogens is 362 g/mol. The van der Waals surface area contributed by atoms with Crippen LogP contribution in [0.2, 0.25) is 0 Å². The van der Waals surface area contributed by atoms with Crippen molar-refractivity contribution in [3.63, 3.8) is 0 Å². The third-order valence-electron chi connectivity index (χ3n) is 4.52. The number of nitriles is 1. The van der Waals surface area contributed by atoms with Crippen molar-refractivity contribution in [1.29, 1.82) is 5.26 Å². The fraction of sp³-hybridized carbons (Fsp3) is 0.125. The van der Waals surface area contributed by atoms with Gasteiger partial charge in [0.2, 0.25) is 0 Å². The Morgan fingerprint density at radius 2 is 1.62 bits per heavy atom. The van der Waals surface area contributed by atoms with Gasteiger partial charge >= 0.3 is 0 Å². The van der Waals surface area contributed by atoms with Crippen molar-refractivity contribution in [1.82, 2.24) is 4.90 Å². The standard InChI is InChI=1S/C24H21N3O2/c1-17-4-3-5-22(14-17)26-23(28)20-10-12-21(13-11-20)24(29)27(2)16-19-8-6-18(15-25)7-9-19/h3-14H,16H2,1-2H3,(H,26,28). The summed E-state index contributed by atoms with van der Waals surface area (Å²) in [6.45, 7) is 2.39. The van der Waals surface area contributed by atoms with Crippen molar-refractivity contribution in [3.8, 4) is 6.07 Å². The number of benzene rings is 3. The van der Waals surface area contributed by atoms with Crippen molar-refractivity contribution >= 4 is 17.5 Å². The van der Waals surface area contributed by atoms with Gasteiger partial charge in [0.15, 0.2) is 0 Å². The van der Waals surface area contributed by atoms with E-state index in [1.165, 1.54) is 0 Å². The molecule has 3 rings (SSSR count). The van der Waals surface area contributed by atoms with E-state index in [1.807, 2.05) is 43.3 Å². The van der Waals surface area contributed by atoms with Crippen LogP contribution in [0.5, 0.6) is 0 Å². The summed E-state index contributed by atoms with van der Waals surface area (Å²) in [5, 5.41) is 11.7. The first kappa shape index (κ1) is 19.8. The zero-order valence-corrected chi connectivity index (χ0v) is 16.3. The minimum Gasteiger partial charge on any atom is -0.337 e. The first-order valence-corrected chi connectivity index (χ1v) is 9.19. The molecule has 144 valence electrons. The molecule has 2 amide bonds. The van der Waals surface area contributed by atoms with Gasteiger partial charge in [0.25, 0.3) is 11.8 Å². The molecule has 0 bridgehead atoms. The highest BCUT2D eigenvalue weighted by molar-refractivity contribution is 6.05. The van der Waals surface area contributed by atoms with Gasteiger partial charge in [-0.2, -0.15) is 5.26 Å². The van der Waals surface area contributed by atoms with Crippen LogP contribution in [0.3, 0.4) is 0 Å². The van der Waals surface area contributed by atoms with Crippen LogP contribution in [0.4, 0.5) is 5.69 Å². The number of aryl methyl sites for hydroxylation is 1. The second-order valence-electron chi connectivity index (χ2n) is 6.87. The first-order valence-electron chi connectivity index (χ1n) is 9.19. The number of carbonyl (C=O) groups is 2. The van der Waals surface area contributed by atoms with Crippen LogP contribution in [-0.4, -0.2) is 23.8 Å². The maximum Gasteiger partial charge on any atom is 0.255 e. The fourth-order valence-corrected chi connectivity index (χ4v) is 2.94. The molecule has 3 aromatic rings. The van der Waals surface area contributed by atoms with E-state index in [1.54, 1.807) is 48.3 Å². The molecule has 0 heterocycles. The molecule has 0 atom stereocenters. The topological polar surface area (TPSA) is 73.2 Å². The van der Waals surface area contributed by atoms with Gasteiger partial charge in [-0.1, -0.05) is 24.3 Å². The van der Waals surface area contributed by atoms with Gasteiger partial charge in [0, 0.05) is 30.4 Å². The van der Waals surface area contributed by atoms with Crippen molar-refractivity contribution in [2.24, 2.45) is 0 Å². The normalized spacial score (nSPS) is 10.1. The summed E-state index contributed by atoms with van der Waals surface area (Å²) in [5.41, 5.74) is 4.31. The van der Waals surface area contributed by atoms with Gasteiger partial charge in [-0.3, -0.25) is 9.59 Å². The van der Waals surface area contributed by atoms with Gasteiger partial charge in [0.1, 0.15) is 0 Å². The fourth-order valence-electron chi connectivity index (χ4n) is 2.94. The molecule has 0 saturated carbocycles. The van der Waals surface area contributed by atoms with E-state index in [-0.39, 0.29) is 11.8 Å². The summed E-state index contributed by atoms with van der Waals surface area (Å²) < 4.78 is 0. The summed E-state index contributed by atoms with van der Waals surface area (Å²) >= 11 is 0. The Hall–Kier alpha value is -3.91. The zero-order chi connectivity index (χ0) is 20.8. The number of hydrogen-bond acceptors (Lipinski definition) is 3. The van der Waals surface area contributed by atoms with Crippen LogP contribution in [0.25, 0.3) is 0 Å². The lowest BCUT2D eigenvalue weighted by atomic mass is 10.1. The highest BCUT2D eigenvalue weighted by Gasteiger charge is 2.13. The SMILES string of the molecule is Cc1cccc(NC(=O)c2ccc(C(=O)N(C)Cc3ccc(C#N)cc3)cc2)c1. The number of carbonyl (C=O) groups excluding carboxylic acids is 2. The monoisotopic (exact) mass is 383 g/mol. The molecule has 5 nitrogen and oxygen atoms in total. The van der Waals surface area contributed by atoms with E-state index in [2.05, 4.69) is 11.4 Å². The Bertz CT molecular complexity index is 1060. The summed E-state index contributed by atoms with van der Waals surface area (Å²) in [6.07, 6.45) is 0. The van der Waals surface area contributed by atoms with Gasteiger partial charge in [0.05, 0.1) is 11.6 Å². The number of nitrogens with zero attached hydrogens (tertiary/aromatic N) is 2. The van der Waals surface area contributed by atoms with Gasteiger partial charge in [-0.05, 0) is 66.6 Å². The lowest BCUT2D eigenvalue weighted by molar-refractivity contribution is 0.0784. The van der Waals surface area contributed by atoms with E-state index in [0.717, 1.165) is 16.8 Å². The molecule has 0 unspecified atom stereocenters. The Balaban J connectivity index is 1.64. The molecule has 3 aromatic carbocycles. The van der Waals surface area contributed by atoms with Gasteiger partial charge < -0.3 is 10.2 Å². The predicted octanol–water partition coefficient (Wildman–Crippen LogP) is 4.39. The zero-order valence-electron chi connectivity index (χ0n) is 16.3. The van der Waals surface area contributed by atoms with E-state index < -0.39 is 0 Å². The smallest absolute Gasteiger partial charge is 0.255 e. The molecule has 0 radical (unpaired) electrons. The summed E-state index contributed by atoms with van der Waals surface area (Å²) in [6, 6.07) is 23.4. The third-order valence-corrected chi connectivity index (χ3v) is 4.52. The van der Waals surface area contributed by atoms with Crippen LogP contribution >= 0.6 is 0 Å². The minimum atomic E-state index is -0.222. The van der Waals surface area contributed by atoms with Crippen LogP contribution in [0, 0.1) is 18.3 Å². The quantitative estimate of drug-likeness (QED) is 0.710. The molecule has 0 fully saturated rings. The molecule has 0 saturated heterocycles. The molecule has 5 heteroatoms. The number of nitrogens with one attached hydrogen (secondary N) is 1. The van der Waals surface area contributed by atoms with Crippen molar-refractivity contribution < 1.29 is 9.59 Å². The van der Waals surface area contributed by atoms with Crippen LogP contribution in [0.15, 0.2) is 72.8 Å². The maximum atomic E-state index is 12.7. The lowest BCUT2D eigenvalue weighted by Crippen LogP contribution is -2.26. The maximum absolute atomic E-state index is 12.7. The Kier molecular flexibility index (Phi) is 6.06. The highest BCUT2D eigenvalue weighted by Crippen LogP contribution is 2.14. The van der Waals surface area contributed by atoms with E-state index in [4.69, 9.17) is 5.26 Å². The number of rotatable bonds is 5. The number of hydrogen-bond donors (Lipinski definition) is 1. The molecule has 1 N–H and O–H groups in total.